The number of hydrogen-bond acceptors (Lipinski definition) is 4. The van der Waals surface area contributed by atoms with Gasteiger partial charge in [0.2, 0.25) is 5.91 Å². The molecule has 0 unspecified atom stereocenters. The summed E-state index contributed by atoms with van der Waals surface area (Å²) in [4.78, 5) is 13.5. The molecular weight excluding hydrogens is 242 g/mol. The molecule has 0 aromatic rings. The highest BCUT2D eigenvalue weighted by Crippen LogP contribution is 2.22. The average molecular weight is 263 g/mol. The molecule has 1 aliphatic heterocycles. The van der Waals surface area contributed by atoms with Gasteiger partial charge in [0.05, 0.1) is 24.2 Å². The lowest BCUT2D eigenvalue weighted by Crippen LogP contribution is -2.49. The third-order valence-electron chi connectivity index (χ3n) is 3.27. The van der Waals surface area contributed by atoms with Crippen LogP contribution in [0.3, 0.4) is 0 Å². The van der Waals surface area contributed by atoms with Crippen LogP contribution in [0.5, 0.6) is 0 Å². The summed E-state index contributed by atoms with van der Waals surface area (Å²) in [6, 6.07) is -0.523. The lowest BCUT2D eigenvalue weighted by atomic mass is 10.1. The number of hydrogen-bond donors (Lipinski definition) is 1. The largest absolute Gasteiger partial charge is 0.394 e. The Morgan fingerprint density at radius 1 is 1.47 bits per heavy atom. The van der Waals surface area contributed by atoms with E-state index in [1.54, 1.807) is 11.8 Å². The molecule has 0 radical (unpaired) electrons. The van der Waals surface area contributed by atoms with Gasteiger partial charge in [-0.15, -0.1) is 0 Å². The van der Waals surface area contributed by atoms with Gasteiger partial charge in [-0.1, -0.05) is 13.8 Å². The summed E-state index contributed by atoms with van der Waals surface area (Å²) in [5.74, 6) is 0.107. The van der Waals surface area contributed by atoms with Crippen LogP contribution < -0.4 is 0 Å². The fourth-order valence-corrected chi connectivity index (χ4v) is 4.01. The highest BCUT2D eigenvalue weighted by atomic mass is 32.2. The van der Waals surface area contributed by atoms with Crippen molar-refractivity contribution in [3.8, 4) is 0 Å². The Bertz CT molecular complexity index is 362. The minimum atomic E-state index is -3.01. The molecule has 1 rings (SSSR count). The molecule has 0 saturated carbocycles. The van der Waals surface area contributed by atoms with Crippen LogP contribution in [0.15, 0.2) is 0 Å². The molecule has 0 aliphatic carbocycles. The number of carbonyl (C=O) groups is 1. The van der Waals surface area contributed by atoms with E-state index in [1.165, 1.54) is 0 Å². The first-order valence-corrected chi connectivity index (χ1v) is 7.89. The van der Waals surface area contributed by atoms with Crippen molar-refractivity contribution in [3.63, 3.8) is 0 Å². The molecule has 17 heavy (non-hydrogen) atoms. The molecule has 100 valence electrons. The van der Waals surface area contributed by atoms with Gasteiger partial charge < -0.3 is 10.0 Å². The Balaban J connectivity index is 2.87. The van der Waals surface area contributed by atoms with Crippen molar-refractivity contribution in [2.75, 3.05) is 18.1 Å². The highest BCUT2D eigenvalue weighted by Gasteiger charge is 2.36. The van der Waals surface area contributed by atoms with Gasteiger partial charge in [-0.3, -0.25) is 4.79 Å². The lowest BCUT2D eigenvalue weighted by Gasteiger charge is -2.34. The molecule has 1 fully saturated rings. The molecule has 1 N–H and O–H groups in total. The van der Waals surface area contributed by atoms with Crippen LogP contribution in [0, 0.1) is 0 Å². The lowest BCUT2D eigenvalue weighted by molar-refractivity contribution is -0.136. The summed E-state index contributed by atoms with van der Waals surface area (Å²) in [6.45, 7) is 3.53. The molecule has 0 spiro atoms. The second-order valence-electron chi connectivity index (χ2n) is 4.46. The van der Waals surface area contributed by atoms with Gasteiger partial charge in [-0.05, 0) is 12.8 Å². The van der Waals surface area contributed by atoms with E-state index >= 15 is 0 Å². The Hall–Kier alpha value is -0.620. The quantitative estimate of drug-likeness (QED) is 0.768. The Labute approximate surface area is 103 Å². The first-order valence-electron chi connectivity index (χ1n) is 6.07. The summed E-state index contributed by atoms with van der Waals surface area (Å²) in [6.07, 6.45) is 1.47. The van der Waals surface area contributed by atoms with Gasteiger partial charge in [0.25, 0.3) is 0 Å². The maximum atomic E-state index is 11.9. The van der Waals surface area contributed by atoms with Crippen LogP contribution in [0.4, 0.5) is 0 Å². The topological polar surface area (TPSA) is 74.7 Å². The monoisotopic (exact) mass is 263 g/mol. The Morgan fingerprint density at radius 3 is 2.47 bits per heavy atom. The van der Waals surface area contributed by atoms with Crippen molar-refractivity contribution in [1.29, 1.82) is 0 Å². The SMILES string of the molecule is CCC(=O)N([C@@H]1CCS(=O)(=O)C1)[C@@H](CC)CO. The van der Waals surface area contributed by atoms with Crippen LogP contribution >= 0.6 is 0 Å². The summed E-state index contributed by atoms with van der Waals surface area (Å²) in [7, 11) is -3.01. The predicted molar refractivity (Wildman–Crippen MR) is 65.4 cm³/mol. The van der Waals surface area contributed by atoms with Gasteiger partial charge in [0.15, 0.2) is 9.84 Å². The first kappa shape index (κ1) is 14.4. The molecule has 6 heteroatoms. The standard InChI is InChI=1S/C11H21NO4S/c1-3-9(7-13)12(11(14)4-2)10-5-6-17(15,16)8-10/h9-10,13H,3-8H2,1-2H3/t9-,10+/m0/s1. The fraction of sp³-hybridized carbons (Fsp3) is 0.909. The zero-order chi connectivity index (χ0) is 13.1. The van der Waals surface area contributed by atoms with E-state index in [4.69, 9.17) is 0 Å². The Morgan fingerprint density at radius 2 is 2.12 bits per heavy atom. The molecule has 1 aliphatic rings. The molecule has 1 saturated heterocycles. The van der Waals surface area contributed by atoms with Crippen LogP contribution in [0.1, 0.15) is 33.1 Å². The third kappa shape index (κ3) is 3.42. The van der Waals surface area contributed by atoms with E-state index in [0.717, 1.165) is 0 Å². The van der Waals surface area contributed by atoms with Crippen LogP contribution in [-0.2, 0) is 14.6 Å². The maximum Gasteiger partial charge on any atom is 0.222 e. The highest BCUT2D eigenvalue weighted by molar-refractivity contribution is 7.91. The summed E-state index contributed by atoms with van der Waals surface area (Å²) >= 11 is 0. The van der Waals surface area contributed by atoms with Crippen LogP contribution in [0.25, 0.3) is 0 Å². The molecule has 1 amide bonds. The van der Waals surface area contributed by atoms with Crippen LogP contribution in [-0.4, -0.2) is 54.5 Å². The number of nitrogens with zero attached hydrogens (tertiary/aromatic N) is 1. The zero-order valence-electron chi connectivity index (χ0n) is 10.4. The van der Waals surface area contributed by atoms with Crippen molar-refractivity contribution in [2.24, 2.45) is 0 Å². The number of amides is 1. The first-order chi connectivity index (χ1) is 7.95. The molecular formula is C11H21NO4S. The second kappa shape index (κ2) is 5.82. The molecule has 5 nitrogen and oxygen atoms in total. The van der Waals surface area contributed by atoms with Crippen molar-refractivity contribution in [1.82, 2.24) is 4.90 Å². The number of rotatable bonds is 5. The Kier molecular flexibility index (Phi) is 4.94. The summed E-state index contributed by atoms with van der Waals surface area (Å²) in [5, 5.41) is 9.29. The molecule has 0 aromatic heterocycles. The van der Waals surface area contributed by atoms with Crippen molar-refractivity contribution in [2.45, 2.75) is 45.2 Å². The van der Waals surface area contributed by atoms with Crippen molar-refractivity contribution >= 4 is 15.7 Å². The normalized spacial score (nSPS) is 24.5. The smallest absolute Gasteiger partial charge is 0.222 e. The summed E-state index contributed by atoms with van der Waals surface area (Å²) < 4.78 is 22.9. The van der Waals surface area contributed by atoms with E-state index in [2.05, 4.69) is 0 Å². The number of aliphatic hydroxyl groups excluding tert-OH is 1. The number of sulfone groups is 1. The average Bonchev–Trinajstić information content (AvgIpc) is 2.65. The van der Waals surface area contributed by atoms with Crippen molar-refractivity contribution in [3.05, 3.63) is 0 Å². The molecule has 1 heterocycles. The molecule has 0 bridgehead atoms. The predicted octanol–water partition coefficient (Wildman–Crippen LogP) is 0.183. The third-order valence-corrected chi connectivity index (χ3v) is 5.02. The number of carbonyl (C=O) groups excluding carboxylic acids is 1. The van der Waals surface area contributed by atoms with Gasteiger partial charge in [0.1, 0.15) is 0 Å². The zero-order valence-corrected chi connectivity index (χ0v) is 11.2. The van der Waals surface area contributed by atoms with E-state index in [0.29, 0.717) is 19.3 Å². The van der Waals surface area contributed by atoms with E-state index in [-0.39, 0.29) is 36.1 Å². The van der Waals surface area contributed by atoms with Gasteiger partial charge in [-0.2, -0.15) is 0 Å². The molecule has 0 aromatic carbocycles. The summed E-state index contributed by atoms with van der Waals surface area (Å²) in [5.41, 5.74) is 0. The van der Waals surface area contributed by atoms with Gasteiger partial charge in [0, 0.05) is 12.5 Å². The maximum absolute atomic E-state index is 11.9. The van der Waals surface area contributed by atoms with Gasteiger partial charge >= 0.3 is 0 Å². The minimum Gasteiger partial charge on any atom is -0.394 e. The minimum absolute atomic E-state index is 0.0369. The van der Waals surface area contributed by atoms with E-state index < -0.39 is 9.84 Å². The van der Waals surface area contributed by atoms with E-state index in [1.807, 2.05) is 6.92 Å². The van der Waals surface area contributed by atoms with Crippen LogP contribution in [0.2, 0.25) is 0 Å². The van der Waals surface area contributed by atoms with Gasteiger partial charge in [-0.25, -0.2) is 8.42 Å². The van der Waals surface area contributed by atoms with Crippen molar-refractivity contribution < 1.29 is 18.3 Å². The fourth-order valence-electron chi connectivity index (χ4n) is 2.30. The van der Waals surface area contributed by atoms with E-state index in [9.17, 15) is 18.3 Å². The number of aliphatic hydroxyl groups is 1. The molecule has 2 atom stereocenters. The second-order valence-corrected chi connectivity index (χ2v) is 6.68.